The van der Waals surface area contributed by atoms with Gasteiger partial charge in [-0.15, -0.1) is 0 Å². The van der Waals surface area contributed by atoms with E-state index in [0.29, 0.717) is 28.6 Å². The number of rotatable bonds is 6. The number of ketones is 1. The zero-order valence-electron chi connectivity index (χ0n) is 17.1. The summed E-state index contributed by atoms with van der Waals surface area (Å²) in [6.45, 7) is 5.42. The van der Waals surface area contributed by atoms with Crippen molar-refractivity contribution in [2.24, 2.45) is 0 Å². The van der Waals surface area contributed by atoms with Gasteiger partial charge in [0.1, 0.15) is 5.75 Å². The van der Waals surface area contributed by atoms with Crippen molar-refractivity contribution in [2.75, 3.05) is 13.7 Å². The van der Waals surface area contributed by atoms with Crippen LogP contribution in [-0.4, -0.2) is 35.0 Å². The van der Waals surface area contributed by atoms with Crippen LogP contribution in [0.15, 0.2) is 30.3 Å². The lowest BCUT2D eigenvalue weighted by Gasteiger charge is -2.09. The molecule has 6 heteroatoms. The van der Waals surface area contributed by atoms with Gasteiger partial charge in [-0.2, -0.15) is 0 Å². The molecule has 1 aliphatic rings. The molecule has 0 saturated heterocycles. The first-order valence-corrected chi connectivity index (χ1v) is 9.73. The van der Waals surface area contributed by atoms with E-state index in [1.54, 1.807) is 20.1 Å². The van der Waals surface area contributed by atoms with E-state index in [1.165, 1.54) is 0 Å². The third-order valence-electron chi connectivity index (χ3n) is 5.47. The number of fused-ring (bicyclic) bond motifs is 1. The Morgan fingerprint density at radius 3 is 2.55 bits per heavy atom. The third kappa shape index (κ3) is 3.62. The standard InChI is InChI=1S/C23H24N2O4/c1-13-9-20(15(3)25(13)17-6-7-17)22(26)12-29-23(27)19-10-16-5-8-18(28-4)11-21(16)24-14(19)2/h5,8-11,17H,6-7,12H2,1-4H3. The maximum Gasteiger partial charge on any atom is 0.340 e. The minimum atomic E-state index is -0.544. The molecule has 29 heavy (non-hydrogen) atoms. The fraction of sp³-hybridized carbons (Fsp3) is 0.348. The predicted molar refractivity (Wildman–Crippen MR) is 110 cm³/mol. The van der Waals surface area contributed by atoms with Crippen LogP contribution in [0.3, 0.4) is 0 Å². The summed E-state index contributed by atoms with van der Waals surface area (Å²) in [6.07, 6.45) is 2.30. The van der Waals surface area contributed by atoms with Gasteiger partial charge in [0.25, 0.3) is 0 Å². The molecule has 2 aromatic heterocycles. The highest BCUT2D eigenvalue weighted by Gasteiger charge is 2.28. The number of ether oxygens (including phenoxy) is 2. The normalized spacial score (nSPS) is 13.5. The summed E-state index contributed by atoms with van der Waals surface area (Å²) in [5.41, 5.74) is 4.30. The Morgan fingerprint density at radius 2 is 1.86 bits per heavy atom. The van der Waals surface area contributed by atoms with Crippen molar-refractivity contribution >= 4 is 22.7 Å². The van der Waals surface area contributed by atoms with Crippen molar-refractivity contribution in [3.63, 3.8) is 0 Å². The summed E-state index contributed by atoms with van der Waals surface area (Å²) in [5.74, 6) is -0.0272. The van der Waals surface area contributed by atoms with Gasteiger partial charge in [0.05, 0.1) is 23.9 Å². The predicted octanol–water partition coefficient (Wildman–Crippen LogP) is 4.34. The number of methoxy groups -OCH3 is 1. The number of aromatic nitrogens is 2. The topological polar surface area (TPSA) is 70.4 Å². The minimum Gasteiger partial charge on any atom is -0.497 e. The molecule has 0 amide bonds. The van der Waals surface area contributed by atoms with Gasteiger partial charge in [0.15, 0.2) is 6.61 Å². The molecule has 1 aliphatic carbocycles. The number of nitrogens with zero attached hydrogens (tertiary/aromatic N) is 2. The maximum atomic E-state index is 12.7. The summed E-state index contributed by atoms with van der Waals surface area (Å²) in [7, 11) is 1.60. The van der Waals surface area contributed by atoms with Crippen molar-refractivity contribution in [2.45, 2.75) is 39.7 Å². The Bertz CT molecular complexity index is 1130. The van der Waals surface area contributed by atoms with Crippen LogP contribution < -0.4 is 4.74 Å². The largest absolute Gasteiger partial charge is 0.497 e. The van der Waals surface area contributed by atoms with Gasteiger partial charge in [-0.3, -0.25) is 9.78 Å². The van der Waals surface area contributed by atoms with Gasteiger partial charge in [-0.25, -0.2) is 4.79 Å². The van der Waals surface area contributed by atoms with E-state index in [1.807, 2.05) is 38.1 Å². The lowest BCUT2D eigenvalue weighted by atomic mass is 10.1. The second-order valence-electron chi connectivity index (χ2n) is 7.57. The summed E-state index contributed by atoms with van der Waals surface area (Å²) < 4.78 is 12.8. The zero-order chi connectivity index (χ0) is 20.7. The van der Waals surface area contributed by atoms with Gasteiger partial charge >= 0.3 is 5.97 Å². The molecule has 3 aromatic rings. The Balaban J connectivity index is 1.50. The summed E-state index contributed by atoms with van der Waals surface area (Å²) in [5, 5.41) is 0.808. The first kappa shape index (κ1) is 19.2. The molecule has 0 atom stereocenters. The molecule has 0 spiro atoms. The van der Waals surface area contributed by atoms with Crippen molar-refractivity contribution in [1.82, 2.24) is 9.55 Å². The Hall–Kier alpha value is -3.15. The molecule has 0 aliphatic heterocycles. The van der Waals surface area contributed by atoms with E-state index in [-0.39, 0.29) is 12.4 Å². The number of hydrogen-bond acceptors (Lipinski definition) is 5. The maximum absolute atomic E-state index is 12.7. The Labute approximate surface area is 169 Å². The molecule has 0 unspecified atom stereocenters. The second-order valence-corrected chi connectivity index (χ2v) is 7.57. The van der Waals surface area contributed by atoms with Gasteiger partial charge in [0, 0.05) is 34.4 Å². The Morgan fingerprint density at radius 1 is 1.10 bits per heavy atom. The van der Waals surface area contributed by atoms with Crippen LogP contribution in [0.2, 0.25) is 0 Å². The van der Waals surface area contributed by atoms with Gasteiger partial charge in [0.2, 0.25) is 5.78 Å². The van der Waals surface area contributed by atoms with Crippen LogP contribution in [0.1, 0.15) is 56.7 Å². The summed E-state index contributed by atoms with van der Waals surface area (Å²) in [6, 6.07) is 9.60. The van der Waals surface area contributed by atoms with Crippen LogP contribution in [-0.2, 0) is 4.74 Å². The molecule has 150 valence electrons. The van der Waals surface area contributed by atoms with E-state index in [4.69, 9.17) is 9.47 Å². The Kier molecular flexibility index (Phi) is 4.86. The van der Waals surface area contributed by atoms with E-state index in [9.17, 15) is 9.59 Å². The van der Waals surface area contributed by atoms with Crippen LogP contribution in [0.4, 0.5) is 0 Å². The number of carbonyl (C=O) groups excluding carboxylic acids is 2. The molecule has 2 heterocycles. The van der Waals surface area contributed by atoms with E-state index in [0.717, 1.165) is 35.1 Å². The van der Waals surface area contributed by atoms with E-state index >= 15 is 0 Å². The van der Waals surface area contributed by atoms with Crippen LogP contribution in [0.25, 0.3) is 10.9 Å². The highest BCUT2D eigenvalue weighted by atomic mass is 16.5. The van der Waals surface area contributed by atoms with Crippen LogP contribution >= 0.6 is 0 Å². The third-order valence-corrected chi connectivity index (χ3v) is 5.47. The molecule has 0 radical (unpaired) electrons. The van der Waals surface area contributed by atoms with Crippen molar-refractivity contribution in [3.05, 3.63) is 58.5 Å². The highest BCUT2D eigenvalue weighted by molar-refractivity contribution is 6.01. The average molecular weight is 392 g/mol. The average Bonchev–Trinajstić information content (AvgIpc) is 3.49. The number of esters is 1. The molecule has 1 saturated carbocycles. The smallest absolute Gasteiger partial charge is 0.340 e. The van der Waals surface area contributed by atoms with Gasteiger partial charge in [-0.05, 0) is 57.9 Å². The van der Waals surface area contributed by atoms with Gasteiger partial charge in [-0.1, -0.05) is 0 Å². The molecule has 1 fully saturated rings. The number of hydrogen-bond donors (Lipinski definition) is 0. The van der Waals surface area contributed by atoms with Crippen molar-refractivity contribution in [1.29, 1.82) is 0 Å². The first-order chi connectivity index (χ1) is 13.9. The van der Waals surface area contributed by atoms with Crippen molar-refractivity contribution < 1.29 is 19.1 Å². The second kappa shape index (κ2) is 7.35. The minimum absolute atomic E-state index is 0.186. The van der Waals surface area contributed by atoms with E-state index in [2.05, 4.69) is 9.55 Å². The fourth-order valence-corrected chi connectivity index (χ4v) is 3.82. The fourth-order valence-electron chi connectivity index (χ4n) is 3.82. The summed E-state index contributed by atoms with van der Waals surface area (Å²) in [4.78, 5) is 29.7. The van der Waals surface area contributed by atoms with Gasteiger partial charge < -0.3 is 14.0 Å². The van der Waals surface area contributed by atoms with Crippen molar-refractivity contribution in [3.8, 4) is 5.75 Å². The van der Waals surface area contributed by atoms with Crippen LogP contribution in [0.5, 0.6) is 5.75 Å². The number of carbonyl (C=O) groups is 2. The highest BCUT2D eigenvalue weighted by Crippen LogP contribution is 2.38. The first-order valence-electron chi connectivity index (χ1n) is 9.73. The number of Topliss-reactive ketones (excluding diaryl/α,β-unsaturated/α-hetero) is 1. The lowest BCUT2D eigenvalue weighted by molar-refractivity contribution is 0.0473. The number of benzene rings is 1. The SMILES string of the molecule is COc1ccc2cc(C(=O)OCC(=O)c3cc(C)n(C4CC4)c3C)c(C)nc2c1. The zero-order valence-corrected chi connectivity index (χ0v) is 17.1. The molecule has 0 N–H and O–H groups in total. The lowest BCUT2D eigenvalue weighted by Crippen LogP contribution is -2.16. The van der Waals surface area contributed by atoms with Crippen LogP contribution in [0, 0.1) is 20.8 Å². The number of pyridine rings is 1. The molecular weight excluding hydrogens is 368 g/mol. The monoisotopic (exact) mass is 392 g/mol. The molecule has 4 rings (SSSR count). The summed E-state index contributed by atoms with van der Waals surface area (Å²) >= 11 is 0. The molecule has 0 bridgehead atoms. The molecular formula is C23H24N2O4. The molecule has 1 aromatic carbocycles. The number of aryl methyl sites for hydroxylation is 2. The quantitative estimate of drug-likeness (QED) is 0.461. The van der Waals surface area contributed by atoms with E-state index < -0.39 is 5.97 Å². The molecule has 6 nitrogen and oxygen atoms in total.